The van der Waals surface area contributed by atoms with Crippen molar-refractivity contribution in [1.29, 1.82) is 0 Å². The van der Waals surface area contributed by atoms with Crippen molar-refractivity contribution in [2.24, 2.45) is 0 Å². The summed E-state index contributed by atoms with van der Waals surface area (Å²) in [7, 11) is 0. The van der Waals surface area contributed by atoms with Crippen LogP contribution in [-0.2, 0) is 0 Å². The van der Waals surface area contributed by atoms with Gasteiger partial charge < -0.3 is 15.6 Å². The smallest absolute Gasteiger partial charge is 0.300 e. The summed E-state index contributed by atoms with van der Waals surface area (Å²) < 4.78 is 9.59. The highest BCUT2D eigenvalue weighted by Crippen LogP contribution is 2.13. The SMILES string of the molecule is Nc1nonc1OCCCC#CC#CCCCO. The van der Waals surface area contributed by atoms with E-state index in [9.17, 15) is 0 Å². The van der Waals surface area contributed by atoms with Gasteiger partial charge in [0.2, 0.25) is 5.82 Å². The molecule has 0 aromatic carbocycles. The Morgan fingerprint density at radius 3 is 2.50 bits per heavy atom. The normalized spacial score (nSPS) is 8.94. The zero-order valence-corrected chi connectivity index (χ0v) is 9.98. The summed E-state index contributed by atoms with van der Waals surface area (Å²) in [6.07, 6.45) is 2.79. The number of nitrogens with zero attached hydrogens (tertiary/aromatic N) is 2. The van der Waals surface area contributed by atoms with Gasteiger partial charge in [0.15, 0.2) is 0 Å². The molecule has 1 rings (SSSR count). The fourth-order valence-corrected chi connectivity index (χ4v) is 0.998. The first-order valence-electron chi connectivity index (χ1n) is 5.62. The number of aliphatic hydroxyl groups is 1. The molecule has 0 fully saturated rings. The minimum atomic E-state index is 0.149. The number of aromatic nitrogens is 2. The maximum absolute atomic E-state index is 8.52. The Morgan fingerprint density at radius 2 is 1.89 bits per heavy atom. The predicted octanol–water partition coefficient (Wildman–Crippen LogP) is 0.590. The van der Waals surface area contributed by atoms with Gasteiger partial charge in [-0.1, -0.05) is 11.8 Å². The monoisotopic (exact) mass is 249 g/mol. The molecular weight excluding hydrogens is 234 g/mol. The summed E-state index contributed by atoms with van der Waals surface area (Å²) in [4.78, 5) is 0. The Morgan fingerprint density at radius 1 is 1.17 bits per heavy atom. The summed E-state index contributed by atoms with van der Waals surface area (Å²) >= 11 is 0. The van der Waals surface area contributed by atoms with Crippen LogP contribution in [0, 0.1) is 23.7 Å². The van der Waals surface area contributed by atoms with Gasteiger partial charge in [-0.05, 0) is 35.0 Å². The number of anilines is 1. The van der Waals surface area contributed by atoms with Gasteiger partial charge in [-0.2, -0.15) is 0 Å². The van der Waals surface area contributed by atoms with Gasteiger partial charge in [0.25, 0.3) is 5.88 Å². The fourth-order valence-electron chi connectivity index (χ4n) is 0.998. The van der Waals surface area contributed by atoms with Gasteiger partial charge in [0.1, 0.15) is 0 Å². The van der Waals surface area contributed by atoms with Crippen LogP contribution in [0.1, 0.15) is 25.7 Å². The zero-order valence-electron chi connectivity index (χ0n) is 9.98. The predicted molar refractivity (Wildman–Crippen MR) is 65.3 cm³/mol. The van der Waals surface area contributed by atoms with Crippen molar-refractivity contribution in [3.05, 3.63) is 0 Å². The van der Waals surface area contributed by atoms with Crippen molar-refractivity contribution in [1.82, 2.24) is 10.3 Å². The van der Waals surface area contributed by atoms with E-state index in [0.29, 0.717) is 25.9 Å². The van der Waals surface area contributed by atoms with E-state index in [1.54, 1.807) is 0 Å². The van der Waals surface area contributed by atoms with Crippen molar-refractivity contribution >= 4 is 5.82 Å². The first-order chi connectivity index (χ1) is 8.84. The van der Waals surface area contributed by atoms with Crippen LogP contribution in [0.4, 0.5) is 5.82 Å². The molecule has 0 aliphatic carbocycles. The lowest BCUT2D eigenvalue weighted by molar-refractivity contribution is 0.253. The van der Waals surface area contributed by atoms with E-state index in [0.717, 1.165) is 6.42 Å². The molecule has 0 spiro atoms. The average molecular weight is 249 g/mol. The second kappa shape index (κ2) is 8.91. The van der Waals surface area contributed by atoms with Crippen molar-refractivity contribution < 1.29 is 14.5 Å². The zero-order chi connectivity index (χ0) is 13.1. The summed E-state index contributed by atoms with van der Waals surface area (Å²) in [5.41, 5.74) is 5.40. The quantitative estimate of drug-likeness (QED) is 0.566. The van der Waals surface area contributed by atoms with Crippen molar-refractivity contribution in [2.75, 3.05) is 18.9 Å². The molecule has 6 nitrogen and oxygen atoms in total. The molecular formula is C12H15N3O3. The Bertz CT molecular complexity index is 462. The van der Waals surface area contributed by atoms with Gasteiger partial charge in [-0.25, -0.2) is 4.63 Å². The van der Waals surface area contributed by atoms with Gasteiger partial charge in [0, 0.05) is 19.4 Å². The van der Waals surface area contributed by atoms with Crippen molar-refractivity contribution in [3.8, 4) is 29.6 Å². The number of hydrogen-bond donors (Lipinski definition) is 2. The third-order valence-corrected chi connectivity index (χ3v) is 1.87. The molecule has 0 radical (unpaired) electrons. The minimum absolute atomic E-state index is 0.149. The van der Waals surface area contributed by atoms with E-state index in [2.05, 4.69) is 38.6 Å². The van der Waals surface area contributed by atoms with E-state index in [1.807, 2.05) is 0 Å². The number of rotatable bonds is 6. The molecule has 0 amide bonds. The number of ether oxygens (including phenoxy) is 1. The second-order valence-electron chi connectivity index (χ2n) is 3.34. The van der Waals surface area contributed by atoms with Crippen LogP contribution in [0.25, 0.3) is 0 Å². The Balaban J connectivity index is 2.06. The van der Waals surface area contributed by atoms with Gasteiger partial charge in [-0.3, -0.25) is 0 Å². The minimum Gasteiger partial charge on any atom is -0.473 e. The highest BCUT2D eigenvalue weighted by Gasteiger charge is 2.05. The van der Waals surface area contributed by atoms with Crippen LogP contribution in [0.2, 0.25) is 0 Å². The van der Waals surface area contributed by atoms with E-state index in [-0.39, 0.29) is 18.3 Å². The van der Waals surface area contributed by atoms with Crippen LogP contribution in [0.15, 0.2) is 4.63 Å². The standard InChI is InChI=1S/C12H15N3O3/c13-11-12(15-18-14-11)17-10-8-6-4-2-1-3-5-7-9-16/h16H,5-10H2,(H2,13,14). The summed E-state index contributed by atoms with van der Waals surface area (Å²) in [5.74, 6) is 11.6. The van der Waals surface area contributed by atoms with Crippen LogP contribution < -0.4 is 10.5 Å². The van der Waals surface area contributed by atoms with Gasteiger partial charge in [-0.15, -0.1) is 0 Å². The van der Waals surface area contributed by atoms with E-state index >= 15 is 0 Å². The molecule has 0 aliphatic heterocycles. The highest BCUT2D eigenvalue weighted by molar-refractivity contribution is 5.36. The van der Waals surface area contributed by atoms with Gasteiger partial charge >= 0.3 is 0 Å². The third-order valence-electron chi connectivity index (χ3n) is 1.87. The molecule has 1 aromatic rings. The summed E-state index contributed by atoms with van der Waals surface area (Å²) in [6.45, 7) is 0.616. The Labute approximate surface area is 105 Å². The van der Waals surface area contributed by atoms with Crippen LogP contribution in [0.3, 0.4) is 0 Å². The molecule has 0 bridgehead atoms. The molecule has 96 valence electrons. The fraction of sp³-hybridized carbons (Fsp3) is 0.500. The van der Waals surface area contributed by atoms with E-state index < -0.39 is 0 Å². The molecule has 1 aromatic heterocycles. The molecule has 18 heavy (non-hydrogen) atoms. The number of aliphatic hydroxyl groups excluding tert-OH is 1. The third kappa shape index (κ3) is 5.78. The maximum Gasteiger partial charge on any atom is 0.300 e. The number of nitrogens with two attached hydrogens (primary N) is 1. The maximum atomic E-state index is 8.52. The number of unbranched alkanes of at least 4 members (excludes halogenated alkanes) is 2. The molecule has 1 heterocycles. The number of nitrogen functional groups attached to an aromatic ring is 1. The Hall–Kier alpha value is -2.18. The molecule has 0 saturated heterocycles. The first kappa shape index (κ1) is 13.9. The van der Waals surface area contributed by atoms with E-state index in [1.165, 1.54) is 0 Å². The Kier molecular flexibility index (Phi) is 6.87. The van der Waals surface area contributed by atoms with E-state index in [4.69, 9.17) is 15.6 Å². The van der Waals surface area contributed by atoms with Crippen molar-refractivity contribution in [2.45, 2.75) is 25.7 Å². The number of hydrogen-bond acceptors (Lipinski definition) is 6. The molecule has 3 N–H and O–H groups in total. The first-order valence-corrected chi connectivity index (χ1v) is 5.62. The molecule has 6 heteroatoms. The molecule has 0 atom stereocenters. The lowest BCUT2D eigenvalue weighted by Gasteiger charge is -1.98. The largest absolute Gasteiger partial charge is 0.473 e. The van der Waals surface area contributed by atoms with Crippen molar-refractivity contribution in [3.63, 3.8) is 0 Å². The van der Waals surface area contributed by atoms with Crippen LogP contribution in [-0.4, -0.2) is 28.6 Å². The highest BCUT2D eigenvalue weighted by atomic mass is 16.6. The topological polar surface area (TPSA) is 94.4 Å². The molecule has 0 unspecified atom stereocenters. The lowest BCUT2D eigenvalue weighted by atomic mass is 10.3. The average Bonchev–Trinajstić information content (AvgIpc) is 2.77. The van der Waals surface area contributed by atoms with Crippen LogP contribution in [0.5, 0.6) is 5.88 Å². The molecule has 0 saturated carbocycles. The molecule has 0 aliphatic rings. The summed E-state index contributed by atoms with van der Waals surface area (Å²) in [5, 5.41) is 15.4. The second-order valence-corrected chi connectivity index (χ2v) is 3.34. The van der Waals surface area contributed by atoms with Crippen LogP contribution >= 0.6 is 0 Å². The summed E-state index contributed by atoms with van der Waals surface area (Å²) in [6, 6.07) is 0. The van der Waals surface area contributed by atoms with Gasteiger partial charge in [0.05, 0.1) is 6.61 Å². The lowest BCUT2D eigenvalue weighted by Crippen LogP contribution is -1.99.